The van der Waals surface area contributed by atoms with E-state index in [1.807, 2.05) is 5.38 Å². The van der Waals surface area contributed by atoms with Crippen LogP contribution in [0.5, 0.6) is 0 Å². The van der Waals surface area contributed by atoms with Gasteiger partial charge in [0.25, 0.3) is 11.8 Å². The van der Waals surface area contributed by atoms with Gasteiger partial charge in [-0.1, -0.05) is 17.3 Å². The molecule has 2 amide bonds. The van der Waals surface area contributed by atoms with Crippen molar-refractivity contribution in [2.45, 2.75) is 23.3 Å². The zero-order valence-corrected chi connectivity index (χ0v) is 18.8. The van der Waals surface area contributed by atoms with Crippen LogP contribution in [0.3, 0.4) is 0 Å². The number of carbonyl (C=O) groups excluding carboxylic acids is 2. The molecule has 0 saturated carbocycles. The monoisotopic (exact) mass is 480 g/mol. The summed E-state index contributed by atoms with van der Waals surface area (Å²) in [6.07, 6.45) is 3.31. The van der Waals surface area contributed by atoms with Crippen molar-refractivity contribution in [1.29, 1.82) is 0 Å². The molecule has 3 heterocycles. The molecule has 5 rings (SSSR count). The standard InChI is InChI=1S/C21H16N6O4S2/c1-12-14(19(28)23-10-13-11-27(26-25-13)21-22-8-9-32-21)6-7-17-18(12)24-20(29)15-4-2-3-5-16(15)33(17,30)31/h2-9,11H,10H2,1H3,(H,23,28)(H,24,29). The average Bonchev–Trinajstić information content (AvgIpc) is 3.49. The van der Waals surface area contributed by atoms with Gasteiger partial charge in [-0.2, -0.15) is 4.68 Å². The third kappa shape index (κ3) is 3.58. The molecule has 0 aliphatic carbocycles. The number of fused-ring (bicyclic) bond motifs is 2. The molecule has 1 aliphatic heterocycles. The van der Waals surface area contributed by atoms with E-state index < -0.39 is 21.7 Å². The van der Waals surface area contributed by atoms with Crippen LogP contribution in [0.25, 0.3) is 5.13 Å². The quantitative estimate of drug-likeness (QED) is 0.458. The van der Waals surface area contributed by atoms with E-state index in [0.29, 0.717) is 16.4 Å². The molecular weight excluding hydrogens is 464 g/mol. The number of aromatic nitrogens is 4. The number of nitrogens with one attached hydrogen (secondary N) is 2. The van der Waals surface area contributed by atoms with E-state index in [-0.39, 0.29) is 33.2 Å². The summed E-state index contributed by atoms with van der Waals surface area (Å²) in [6.45, 7) is 1.70. The van der Waals surface area contributed by atoms with Crippen molar-refractivity contribution in [1.82, 2.24) is 25.3 Å². The van der Waals surface area contributed by atoms with Gasteiger partial charge < -0.3 is 10.6 Å². The van der Waals surface area contributed by atoms with Gasteiger partial charge in [-0.3, -0.25) is 9.59 Å². The van der Waals surface area contributed by atoms with Crippen LogP contribution in [0, 0.1) is 6.92 Å². The second-order valence-corrected chi connectivity index (χ2v) is 9.98. The molecule has 4 aromatic rings. The van der Waals surface area contributed by atoms with E-state index in [0.717, 1.165) is 0 Å². The largest absolute Gasteiger partial charge is 0.346 e. The van der Waals surface area contributed by atoms with Crippen molar-refractivity contribution < 1.29 is 18.0 Å². The SMILES string of the molecule is Cc1c(C(=O)NCc2cn(-c3nccs3)nn2)ccc2c1NC(=O)c1ccccc1S2(=O)=O. The number of anilines is 1. The predicted molar refractivity (Wildman–Crippen MR) is 119 cm³/mol. The summed E-state index contributed by atoms with van der Waals surface area (Å²) in [6, 6.07) is 8.79. The van der Waals surface area contributed by atoms with E-state index in [1.54, 1.807) is 31.5 Å². The molecule has 33 heavy (non-hydrogen) atoms. The number of thiazole rings is 1. The number of rotatable bonds is 4. The van der Waals surface area contributed by atoms with Gasteiger partial charge in [-0.15, -0.1) is 16.4 Å². The molecule has 0 fully saturated rings. The van der Waals surface area contributed by atoms with Gasteiger partial charge in [0, 0.05) is 17.1 Å². The zero-order chi connectivity index (χ0) is 23.2. The molecule has 0 saturated heterocycles. The van der Waals surface area contributed by atoms with Crippen LogP contribution in [0.15, 0.2) is 64.0 Å². The Bertz CT molecular complexity index is 1510. The Hall–Kier alpha value is -3.90. The average molecular weight is 481 g/mol. The van der Waals surface area contributed by atoms with Crippen LogP contribution >= 0.6 is 11.3 Å². The van der Waals surface area contributed by atoms with Gasteiger partial charge in [0.1, 0.15) is 5.69 Å². The normalized spacial score (nSPS) is 14.0. The molecular formula is C21H16N6O4S2. The Kier molecular flexibility index (Phi) is 5.02. The first-order chi connectivity index (χ1) is 15.9. The Morgan fingerprint density at radius 3 is 2.79 bits per heavy atom. The maximum absolute atomic E-state index is 13.2. The minimum atomic E-state index is -3.95. The first kappa shape index (κ1) is 21.0. The smallest absolute Gasteiger partial charge is 0.257 e. The lowest BCUT2D eigenvalue weighted by Gasteiger charge is -2.14. The minimum absolute atomic E-state index is 0.0544. The van der Waals surface area contributed by atoms with Crippen molar-refractivity contribution >= 4 is 38.7 Å². The highest BCUT2D eigenvalue weighted by atomic mass is 32.2. The lowest BCUT2D eigenvalue weighted by atomic mass is 10.1. The van der Waals surface area contributed by atoms with Crippen LogP contribution in [-0.2, 0) is 16.4 Å². The summed E-state index contributed by atoms with van der Waals surface area (Å²) >= 11 is 1.40. The van der Waals surface area contributed by atoms with Gasteiger partial charge in [-0.25, -0.2) is 13.4 Å². The van der Waals surface area contributed by atoms with Crippen LogP contribution in [-0.4, -0.2) is 40.2 Å². The first-order valence-electron chi connectivity index (χ1n) is 9.74. The summed E-state index contributed by atoms with van der Waals surface area (Å²) in [7, 11) is -3.95. The minimum Gasteiger partial charge on any atom is -0.346 e. The number of hydrogen-bond donors (Lipinski definition) is 2. The molecule has 10 nitrogen and oxygen atoms in total. The molecule has 166 valence electrons. The lowest BCUT2D eigenvalue weighted by molar-refractivity contribution is 0.0948. The number of hydrogen-bond acceptors (Lipinski definition) is 8. The van der Waals surface area contributed by atoms with Crippen LogP contribution in [0.4, 0.5) is 5.69 Å². The number of sulfone groups is 1. The summed E-state index contributed by atoms with van der Waals surface area (Å²) in [4.78, 5) is 29.6. The number of carbonyl (C=O) groups is 2. The van der Waals surface area contributed by atoms with Crippen LogP contribution in [0.2, 0.25) is 0 Å². The van der Waals surface area contributed by atoms with Crippen molar-refractivity contribution in [2.75, 3.05) is 5.32 Å². The maximum atomic E-state index is 13.2. The second-order valence-electron chi connectivity index (χ2n) is 7.22. The fraction of sp³-hybridized carbons (Fsp3) is 0.0952. The van der Waals surface area contributed by atoms with E-state index in [9.17, 15) is 18.0 Å². The van der Waals surface area contributed by atoms with Gasteiger partial charge in [0.15, 0.2) is 0 Å². The fourth-order valence-corrected chi connectivity index (χ4v) is 5.80. The maximum Gasteiger partial charge on any atom is 0.257 e. The predicted octanol–water partition coefficient (Wildman–Crippen LogP) is 2.36. The highest BCUT2D eigenvalue weighted by Crippen LogP contribution is 2.36. The molecule has 2 N–H and O–H groups in total. The van der Waals surface area contributed by atoms with Crippen molar-refractivity contribution in [3.8, 4) is 5.13 Å². The first-order valence-corrected chi connectivity index (χ1v) is 12.1. The summed E-state index contributed by atoms with van der Waals surface area (Å²) < 4.78 is 27.9. The summed E-state index contributed by atoms with van der Waals surface area (Å²) in [5.41, 5.74) is 1.27. The Morgan fingerprint density at radius 1 is 1.18 bits per heavy atom. The van der Waals surface area contributed by atoms with E-state index in [2.05, 4.69) is 25.9 Å². The number of amides is 2. The van der Waals surface area contributed by atoms with Gasteiger partial charge in [0.05, 0.1) is 33.8 Å². The van der Waals surface area contributed by atoms with Crippen molar-refractivity contribution in [3.05, 3.63) is 76.6 Å². The number of benzene rings is 2. The molecule has 0 spiro atoms. The summed E-state index contributed by atoms with van der Waals surface area (Å²) in [5.74, 6) is -0.986. The number of nitrogens with zero attached hydrogens (tertiary/aromatic N) is 4. The van der Waals surface area contributed by atoms with E-state index >= 15 is 0 Å². The van der Waals surface area contributed by atoms with Crippen molar-refractivity contribution in [2.24, 2.45) is 0 Å². The van der Waals surface area contributed by atoms with E-state index in [4.69, 9.17) is 0 Å². The van der Waals surface area contributed by atoms with Crippen molar-refractivity contribution in [3.63, 3.8) is 0 Å². The highest BCUT2D eigenvalue weighted by Gasteiger charge is 2.32. The highest BCUT2D eigenvalue weighted by molar-refractivity contribution is 7.91. The molecule has 0 radical (unpaired) electrons. The Morgan fingerprint density at radius 2 is 2.00 bits per heavy atom. The van der Waals surface area contributed by atoms with Gasteiger partial charge in [-0.05, 0) is 36.8 Å². The third-order valence-electron chi connectivity index (χ3n) is 5.21. The molecule has 0 unspecified atom stereocenters. The van der Waals surface area contributed by atoms with E-state index in [1.165, 1.54) is 40.3 Å². The fourth-order valence-electron chi connectivity index (χ4n) is 3.57. The lowest BCUT2D eigenvalue weighted by Crippen LogP contribution is -2.24. The molecule has 2 aromatic carbocycles. The molecule has 0 bridgehead atoms. The molecule has 12 heteroatoms. The second kappa shape index (κ2) is 7.90. The van der Waals surface area contributed by atoms with Gasteiger partial charge in [0.2, 0.25) is 15.0 Å². The van der Waals surface area contributed by atoms with Gasteiger partial charge >= 0.3 is 0 Å². The topological polar surface area (TPSA) is 136 Å². The third-order valence-corrected chi connectivity index (χ3v) is 7.82. The Labute approximate surface area is 192 Å². The molecule has 1 aliphatic rings. The summed E-state index contributed by atoms with van der Waals surface area (Å²) in [5, 5.41) is 15.9. The van der Waals surface area contributed by atoms with Crippen LogP contribution in [0.1, 0.15) is 32.0 Å². The zero-order valence-electron chi connectivity index (χ0n) is 17.1. The molecule has 0 atom stereocenters. The van der Waals surface area contributed by atoms with Crippen LogP contribution < -0.4 is 10.6 Å². The molecule has 2 aromatic heterocycles. The Balaban J connectivity index is 1.43.